The minimum absolute atomic E-state index is 0.0753. The normalized spacial score (nSPS) is 31.8. The van der Waals surface area contributed by atoms with Gasteiger partial charge in [-0.2, -0.15) is 0 Å². The number of carbonyl (C=O) groups excluding carboxylic acids is 1. The minimum atomic E-state index is -2.86. The van der Waals surface area contributed by atoms with E-state index in [2.05, 4.69) is 70.3 Å². The fourth-order valence-electron chi connectivity index (χ4n) is 6.68. The average Bonchev–Trinajstić information content (AvgIpc) is 3.24. The zero-order chi connectivity index (χ0) is 25.5. The maximum atomic E-state index is 14.1. The lowest BCUT2D eigenvalue weighted by molar-refractivity contribution is -0.131. The predicted molar refractivity (Wildman–Crippen MR) is 138 cm³/mol. The van der Waals surface area contributed by atoms with Crippen molar-refractivity contribution in [3.63, 3.8) is 0 Å². The molecule has 0 unspecified atom stereocenters. The van der Waals surface area contributed by atoms with Crippen molar-refractivity contribution in [1.29, 1.82) is 0 Å². The summed E-state index contributed by atoms with van der Waals surface area (Å²) in [6.07, 6.45) is 3.44. The molecule has 2 N–H and O–H groups in total. The average molecular weight is 518 g/mol. The molecule has 2 aliphatic carbocycles. The van der Waals surface area contributed by atoms with Crippen molar-refractivity contribution in [2.45, 2.75) is 96.1 Å². The van der Waals surface area contributed by atoms with E-state index >= 15 is 0 Å². The van der Waals surface area contributed by atoms with Crippen LogP contribution < -0.4 is 5.73 Å². The second-order valence-electron chi connectivity index (χ2n) is 11.9. The van der Waals surface area contributed by atoms with Crippen LogP contribution in [-0.4, -0.2) is 55.1 Å². The van der Waals surface area contributed by atoms with Crippen LogP contribution >= 0.6 is 0 Å². The van der Waals surface area contributed by atoms with Crippen molar-refractivity contribution in [3.8, 4) is 0 Å². The Labute approximate surface area is 209 Å². The van der Waals surface area contributed by atoms with Crippen molar-refractivity contribution in [1.82, 2.24) is 19.5 Å². The van der Waals surface area contributed by atoms with Crippen LogP contribution in [0, 0.1) is 11.3 Å². The van der Waals surface area contributed by atoms with E-state index in [-0.39, 0.29) is 39.3 Å². The first-order valence-electron chi connectivity index (χ1n) is 12.9. The van der Waals surface area contributed by atoms with Gasteiger partial charge in [0, 0.05) is 12.0 Å². The lowest BCUT2D eigenvalue weighted by Crippen LogP contribution is -2.65. The number of nitrogens with two attached hydrogens (primary N) is 1. The fourth-order valence-corrected chi connectivity index (χ4v) is 18.0. The molecule has 1 saturated heterocycles. The van der Waals surface area contributed by atoms with Gasteiger partial charge >= 0.3 is 17.1 Å². The minimum Gasteiger partial charge on any atom is -0.414 e. The predicted octanol–water partition coefficient (Wildman–Crippen LogP) is 4.50. The third-order valence-electron chi connectivity index (χ3n) is 8.72. The zero-order valence-corrected chi connectivity index (χ0v) is 24.1. The summed E-state index contributed by atoms with van der Waals surface area (Å²) < 4.78 is 23.3. The molecule has 1 spiro atoms. The molecule has 3 aliphatic rings. The Balaban J connectivity index is 1.62. The van der Waals surface area contributed by atoms with E-state index in [0.717, 1.165) is 6.42 Å². The first kappa shape index (κ1) is 25.0. The van der Waals surface area contributed by atoms with Crippen LogP contribution in [0.15, 0.2) is 12.7 Å². The number of anilines is 1. The van der Waals surface area contributed by atoms with Crippen molar-refractivity contribution in [3.05, 3.63) is 12.7 Å². The van der Waals surface area contributed by atoms with Crippen LogP contribution in [0.2, 0.25) is 22.2 Å². The van der Waals surface area contributed by atoms with Gasteiger partial charge in [0.1, 0.15) is 24.0 Å². The number of ketones is 1. The van der Waals surface area contributed by atoms with Crippen LogP contribution in [0.3, 0.4) is 0 Å². The second kappa shape index (κ2) is 8.17. The van der Waals surface area contributed by atoms with Gasteiger partial charge in [0.05, 0.1) is 6.33 Å². The fraction of sp³-hybridized carbons (Fsp3) is 0.750. The third-order valence-corrected chi connectivity index (χ3v) is 18.9. The largest absolute Gasteiger partial charge is 0.414 e. The van der Waals surface area contributed by atoms with Crippen LogP contribution in [0.25, 0.3) is 11.2 Å². The number of aromatic nitrogens is 4. The molecule has 0 bridgehead atoms. The van der Waals surface area contributed by atoms with Gasteiger partial charge in [0.15, 0.2) is 17.2 Å². The highest BCUT2D eigenvalue weighted by atomic mass is 28.5. The zero-order valence-electron chi connectivity index (χ0n) is 22.1. The smallest absolute Gasteiger partial charge is 0.335 e. The molecular formula is C24H39N5O4Si2. The molecule has 3 heterocycles. The summed E-state index contributed by atoms with van der Waals surface area (Å²) in [5.74, 6) is 0.509. The highest BCUT2D eigenvalue weighted by Crippen LogP contribution is 2.69. The highest BCUT2D eigenvalue weighted by molar-refractivity contribution is 6.84. The van der Waals surface area contributed by atoms with E-state index in [4.69, 9.17) is 18.7 Å². The van der Waals surface area contributed by atoms with Gasteiger partial charge < -0.3 is 23.3 Å². The van der Waals surface area contributed by atoms with Gasteiger partial charge in [-0.05, 0) is 34.5 Å². The number of carbonyl (C=O) groups is 1. The monoisotopic (exact) mass is 517 g/mol. The molecule has 4 atom stereocenters. The third kappa shape index (κ3) is 3.34. The number of fused-ring (bicyclic) bond motifs is 1. The highest BCUT2D eigenvalue weighted by Gasteiger charge is 2.76. The van der Waals surface area contributed by atoms with Gasteiger partial charge in [-0.15, -0.1) is 0 Å². The summed E-state index contributed by atoms with van der Waals surface area (Å²) in [6.45, 7) is 18.1. The Hall–Kier alpha value is -1.67. The molecule has 5 rings (SSSR count). The second-order valence-corrected chi connectivity index (χ2v) is 20.8. The van der Waals surface area contributed by atoms with Crippen LogP contribution in [0.4, 0.5) is 5.82 Å². The Morgan fingerprint density at radius 3 is 2.23 bits per heavy atom. The lowest BCUT2D eigenvalue weighted by atomic mass is 10.0. The maximum Gasteiger partial charge on any atom is 0.335 e. The first-order valence-corrected chi connectivity index (χ1v) is 16.8. The Bertz CT molecular complexity index is 1140. The standard InChI is InChI=1S/C24H39N5O4Si2/c1-13(2)34(14(3)4)31-10-24-9-17(24)19(29-12-28-18-22(25)26-11-27-23(18)29)20(30)21(24)32-35(33-34,15(5)6)16(7)8/h11-17,19,21H,9-10H2,1-8H3,(H2,25,26,27)/t17-,19-,21-,24+/m1/s1. The summed E-state index contributed by atoms with van der Waals surface area (Å²) >= 11 is 0. The molecule has 0 aromatic carbocycles. The maximum absolute atomic E-state index is 14.1. The van der Waals surface area contributed by atoms with Gasteiger partial charge in [-0.3, -0.25) is 4.79 Å². The van der Waals surface area contributed by atoms with E-state index in [1.54, 1.807) is 6.33 Å². The van der Waals surface area contributed by atoms with E-state index in [1.165, 1.54) is 6.33 Å². The lowest BCUT2D eigenvalue weighted by Gasteiger charge is -2.51. The number of nitrogen functional groups attached to an aromatic ring is 1. The van der Waals surface area contributed by atoms with Crippen LogP contribution in [0.5, 0.6) is 0 Å². The van der Waals surface area contributed by atoms with Crippen molar-refractivity contribution in [2.24, 2.45) is 11.3 Å². The van der Waals surface area contributed by atoms with Crippen molar-refractivity contribution < 1.29 is 17.8 Å². The molecule has 2 saturated carbocycles. The van der Waals surface area contributed by atoms with E-state index in [9.17, 15) is 4.79 Å². The summed E-state index contributed by atoms with van der Waals surface area (Å²) in [5, 5.41) is 0. The van der Waals surface area contributed by atoms with Gasteiger partial charge in [-0.1, -0.05) is 55.4 Å². The number of Topliss-reactive ketones (excluding diaryl/α,β-unsaturated/α-hetero) is 1. The summed E-state index contributed by atoms with van der Waals surface area (Å²) in [6, 6.07) is -0.402. The molecule has 1 aliphatic heterocycles. The quantitative estimate of drug-likeness (QED) is 0.577. The molecule has 9 nitrogen and oxygen atoms in total. The number of rotatable bonds is 5. The molecule has 35 heavy (non-hydrogen) atoms. The number of nitrogens with zero attached hydrogens (tertiary/aromatic N) is 4. The number of imidazole rings is 1. The van der Waals surface area contributed by atoms with Gasteiger partial charge in [-0.25, -0.2) is 15.0 Å². The van der Waals surface area contributed by atoms with Gasteiger partial charge in [0.2, 0.25) is 0 Å². The molecule has 0 radical (unpaired) electrons. The first-order chi connectivity index (χ1) is 16.4. The van der Waals surface area contributed by atoms with Crippen molar-refractivity contribution >= 4 is 39.9 Å². The molecule has 3 fully saturated rings. The topological polar surface area (TPSA) is 114 Å². The van der Waals surface area contributed by atoms with E-state index < -0.39 is 29.3 Å². The van der Waals surface area contributed by atoms with Crippen LogP contribution in [0.1, 0.15) is 67.9 Å². The molecule has 192 valence electrons. The summed E-state index contributed by atoms with van der Waals surface area (Å²) in [4.78, 5) is 27.0. The molecule has 11 heteroatoms. The SMILES string of the molecule is CC(C)[Si]1(C(C)C)OC[C@@]23C[C@@H]2[C@@H](n2cnc4c(N)ncnc42)C(=O)[C@H]3O[Si](C(C)C)(C(C)C)O1. The van der Waals surface area contributed by atoms with Gasteiger partial charge in [0.25, 0.3) is 0 Å². The summed E-state index contributed by atoms with van der Waals surface area (Å²) in [5.41, 5.74) is 7.71. The Morgan fingerprint density at radius 2 is 1.63 bits per heavy atom. The van der Waals surface area contributed by atoms with Crippen LogP contribution in [-0.2, 0) is 17.8 Å². The summed E-state index contributed by atoms with van der Waals surface area (Å²) in [7, 11) is -5.51. The molecule has 0 amide bonds. The molecule has 2 aromatic rings. The van der Waals surface area contributed by atoms with E-state index in [0.29, 0.717) is 23.6 Å². The molecular weight excluding hydrogens is 478 g/mol. The van der Waals surface area contributed by atoms with E-state index in [1.807, 2.05) is 4.57 Å². The number of hydrogen-bond acceptors (Lipinski definition) is 8. The number of hydrogen-bond donors (Lipinski definition) is 1. The van der Waals surface area contributed by atoms with Crippen molar-refractivity contribution in [2.75, 3.05) is 12.3 Å². The molecule has 2 aromatic heterocycles. The Morgan fingerprint density at radius 1 is 1.00 bits per heavy atom. The Kier molecular flexibility index (Phi) is 5.84.